The van der Waals surface area contributed by atoms with Gasteiger partial charge in [0.25, 0.3) is 0 Å². The van der Waals surface area contributed by atoms with Gasteiger partial charge in [0.15, 0.2) is 0 Å². The fourth-order valence-corrected chi connectivity index (χ4v) is 3.33. The molecule has 0 bridgehead atoms. The molecule has 1 saturated carbocycles. The van der Waals surface area contributed by atoms with Crippen LogP contribution in [0.25, 0.3) is 11.1 Å². The van der Waals surface area contributed by atoms with E-state index in [9.17, 15) is 0 Å². The second-order valence-electron chi connectivity index (χ2n) is 6.50. The summed E-state index contributed by atoms with van der Waals surface area (Å²) in [6.07, 6.45) is 6.27. The molecule has 0 spiro atoms. The lowest BCUT2D eigenvalue weighted by atomic mass is 9.95. The summed E-state index contributed by atoms with van der Waals surface area (Å²) in [4.78, 5) is 0. The van der Waals surface area contributed by atoms with Crippen molar-refractivity contribution in [3.8, 4) is 11.1 Å². The van der Waals surface area contributed by atoms with Gasteiger partial charge in [0, 0.05) is 18.2 Å². The minimum absolute atomic E-state index is 0.546. The molecule has 0 unspecified atom stereocenters. The SMILES string of the molecule is CC.CCc1cc(Cl)cc(-c2ccc(C)cc2)c1C.CO.NC1CCCC1. The molecule has 2 aromatic rings. The van der Waals surface area contributed by atoms with Crippen LogP contribution in [0.1, 0.15) is 63.1 Å². The van der Waals surface area contributed by atoms with E-state index in [1.54, 1.807) is 0 Å². The van der Waals surface area contributed by atoms with E-state index in [-0.39, 0.29) is 0 Å². The van der Waals surface area contributed by atoms with Crippen LogP contribution in [0, 0.1) is 13.8 Å². The van der Waals surface area contributed by atoms with Gasteiger partial charge in [0.1, 0.15) is 0 Å². The monoisotopic (exact) mass is 391 g/mol. The summed E-state index contributed by atoms with van der Waals surface area (Å²) in [5, 5.41) is 7.82. The molecule has 0 aromatic heterocycles. The molecule has 0 amide bonds. The molecule has 27 heavy (non-hydrogen) atoms. The Hall–Kier alpha value is -1.35. The summed E-state index contributed by atoms with van der Waals surface area (Å²) in [6, 6.07) is 13.3. The molecule has 0 aliphatic heterocycles. The molecule has 0 saturated heterocycles. The van der Waals surface area contributed by atoms with Crippen molar-refractivity contribution in [2.75, 3.05) is 7.11 Å². The van der Waals surface area contributed by atoms with E-state index < -0.39 is 0 Å². The number of rotatable bonds is 2. The molecule has 2 aromatic carbocycles. The fraction of sp³-hybridized carbons (Fsp3) is 0.500. The smallest absolute Gasteiger partial charge is 0.0415 e. The second-order valence-corrected chi connectivity index (χ2v) is 6.94. The van der Waals surface area contributed by atoms with Crippen molar-refractivity contribution in [2.24, 2.45) is 5.73 Å². The third-order valence-corrected chi connectivity index (χ3v) is 4.84. The summed E-state index contributed by atoms with van der Waals surface area (Å²) in [6.45, 7) is 10.4. The molecule has 1 aliphatic carbocycles. The Morgan fingerprint density at radius 2 is 1.52 bits per heavy atom. The zero-order valence-corrected chi connectivity index (χ0v) is 18.7. The van der Waals surface area contributed by atoms with Crippen LogP contribution in [0.2, 0.25) is 5.02 Å². The predicted octanol–water partition coefficient (Wildman–Crippen LogP) is 6.71. The Morgan fingerprint density at radius 1 is 1.00 bits per heavy atom. The highest BCUT2D eigenvalue weighted by Gasteiger charge is 2.08. The van der Waals surface area contributed by atoms with E-state index in [0.717, 1.165) is 18.6 Å². The Labute approximate surface area is 171 Å². The Kier molecular flexibility index (Phi) is 13.9. The van der Waals surface area contributed by atoms with Crippen molar-refractivity contribution in [3.05, 3.63) is 58.1 Å². The average molecular weight is 392 g/mol. The lowest BCUT2D eigenvalue weighted by Crippen LogP contribution is -2.13. The van der Waals surface area contributed by atoms with E-state index >= 15 is 0 Å². The zero-order chi connectivity index (χ0) is 20.8. The first-order chi connectivity index (χ1) is 13.0. The summed E-state index contributed by atoms with van der Waals surface area (Å²) < 4.78 is 0. The van der Waals surface area contributed by atoms with Crippen LogP contribution in [0.4, 0.5) is 0 Å². The summed E-state index contributed by atoms with van der Waals surface area (Å²) in [5.74, 6) is 0. The molecule has 1 aliphatic rings. The maximum Gasteiger partial charge on any atom is 0.0415 e. The molecular weight excluding hydrogens is 354 g/mol. The molecule has 3 rings (SSSR count). The molecule has 2 nitrogen and oxygen atoms in total. The van der Waals surface area contributed by atoms with Crippen LogP contribution in [-0.4, -0.2) is 18.3 Å². The normalized spacial score (nSPS) is 12.8. The topological polar surface area (TPSA) is 46.2 Å². The fourth-order valence-electron chi connectivity index (χ4n) is 3.09. The predicted molar refractivity (Wildman–Crippen MR) is 122 cm³/mol. The van der Waals surface area contributed by atoms with Crippen molar-refractivity contribution < 1.29 is 5.11 Å². The standard InChI is InChI=1S/C16H17Cl.C5H11N.C2H6.CH4O/c1-4-13-9-15(17)10-16(12(13)3)14-7-5-11(2)6-8-14;6-5-3-1-2-4-5;2*1-2/h5-10H,4H2,1-3H3;5H,1-4,6H2;1-2H3;2H,1H3. The highest BCUT2D eigenvalue weighted by Crippen LogP contribution is 2.30. The number of nitrogens with two attached hydrogens (primary N) is 1. The number of aliphatic hydroxyl groups is 1. The van der Waals surface area contributed by atoms with E-state index in [0.29, 0.717) is 6.04 Å². The summed E-state index contributed by atoms with van der Waals surface area (Å²) in [7, 11) is 1.00. The maximum atomic E-state index is 7.00. The van der Waals surface area contributed by atoms with Crippen molar-refractivity contribution in [1.29, 1.82) is 0 Å². The van der Waals surface area contributed by atoms with Crippen molar-refractivity contribution in [2.45, 2.75) is 72.8 Å². The number of hydrogen-bond donors (Lipinski definition) is 2. The molecule has 0 heterocycles. The van der Waals surface area contributed by atoms with Gasteiger partial charge in [-0.15, -0.1) is 0 Å². The van der Waals surface area contributed by atoms with Gasteiger partial charge >= 0.3 is 0 Å². The first kappa shape index (κ1) is 25.6. The third-order valence-electron chi connectivity index (χ3n) is 4.62. The Bertz CT molecular complexity index is 632. The van der Waals surface area contributed by atoms with Crippen LogP contribution in [0.3, 0.4) is 0 Å². The van der Waals surface area contributed by atoms with Gasteiger partial charge in [-0.1, -0.05) is 75.0 Å². The molecule has 152 valence electrons. The number of benzene rings is 2. The lowest BCUT2D eigenvalue weighted by Gasteiger charge is -2.11. The molecule has 1 fully saturated rings. The highest BCUT2D eigenvalue weighted by atomic mass is 35.5. The molecular formula is C24H38ClNO. The van der Waals surface area contributed by atoms with Gasteiger partial charge in [-0.05, 0) is 67.5 Å². The van der Waals surface area contributed by atoms with Crippen LogP contribution < -0.4 is 5.73 Å². The molecule has 3 N–H and O–H groups in total. The first-order valence-corrected chi connectivity index (χ1v) is 10.5. The number of aryl methyl sites for hydroxylation is 2. The van der Waals surface area contributed by atoms with Gasteiger partial charge in [0.2, 0.25) is 0 Å². The van der Waals surface area contributed by atoms with Gasteiger partial charge in [-0.2, -0.15) is 0 Å². The minimum atomic E-state index is 0.546. The van der Waals surface area contributed by atoms with Crippen LogP contribution in [-0.2, 0) is 6.42 Å². The van der Waals surface area contributed by atoms with E-state index in [4.69, 9.17) is 22.4 Å². The number of halogens is 1. The number of hydrogen-bond acceptors (Lipinski definition) is 2. The molecule has 0 radical (unpaired) electrons. The number of aliphatic hydroxyl groups excluding tert-OH is 1. The van der Waals surface area contributed by atoms with Gasteiger partial charge in [-0.3, -0.25) is 0 Å². The second kappa shape index (κ2) is 14.7. The van der Waals surface area contributed by atoms with Gasteiger partial charge in [-0.25, -0.2) is 0 Å². The van der Waals surface area contributed by atoms with Crippen LogP contribution in [0.5, 0.6) is 0 Å². The van der Waals surface area contributed by atoms with E-state index in [2.05, 4.69) is 57.2 Å². The third kappa shape index (κ3) is 8.92. The van der Waals surface area contributed by atoms with Crippen LogP contribution >= 0.6 is 11.6 Å². The lowest BCUT2D eigenvalue weighted by molar-refractivity contribution is 0.399. The largest absolute Gasteiger partial charge is 0.400 e. The highest BCUT2D eigenvalue weighted by molar-refractivity contribution is 6.31. The zero-order valence-electron chi connectivity index (χ0n) is 18.0. The van der Waals surface area contributed by atoms with Crippen molar-refractivity contribution >= 4 is 11.6 Å². The van der Waals surface area contributed by atoms with Gasteiger partial charge in [0.05, 0.1) is 0 Å². The Balaban J connectivity index is 0.000000563. The maximum absolute atomic E-state index is 7.00. The average Bonchev–Trinajstić information content (AvgIpc) is 3.19. The summed E-state index contributed by atoms with van der Waals surface area (Å²) >= 11 is 6.18. The van der Waals surface area contributed by atoms with Crippen LogP contribution in [0.15, 0.2) is 36.4 Å². The Morgan fingerprint density at radius 3 is 1.93 bits per heavy atom. The molecule has 3 heteroatoms. The van der Waals surface area contributed by atoms with Crippen molar-refractivity contribution in [3.63, 3.8) is 0 Å². The quantitative estimate of drug-likeness (QED) is 0.597. The molecule has 0 atom stereocenters. The van der Waals surface area contributed by atoms with E-state index in [1.807, 2.05) is 13.8 Å². The van der Waals surface area contributed by atoms with Gasteiger partial charge < -0.3 is 10.8 Å². The van der Waals surface area contributed by atoms with Crippen molar-refractivity contribution in [1.82, 2.24) is 0 Å². The first-order valence-electron chi connectivity index (χ1n) is 10.1. The van der Waals surface area contributed by atoms with E-state index in [1.165, 1.54) is 53.5 Å². The summed E-state index contributed by atoms with van der Waals surface area (Å²) in [5.41, 5.74) is 12.0. The minimum Gasteiger partial charge on any atom is -0.400 e.